The summed E-state index contributed by atoms with van der Waals surface area (Å²) in [7, 11) is 0. The number of amides is 2. The third-order valence-corrected chi connectivity index (χ3v) is 6.55. The second-order valence-electron chi connectivity index (χ2n) is 7.76. The largest absolute Gasteiger partial charge is 0.371 e. The standard InChI is InChI=1S/C22H25Cl3N4O/c23-17-13-18(24)21(19(25)14-17)26-22(30)29-11-9-27(10-12-29)15-16-5-1-2-6-20(16)28-7-3-4-8-28/h1-2,5-6,13-14H,3-4,7-12,15H2,(H,26,30). The Morgan fingerprint density at radius 1 is 0.900 bits per heavy atom. The lowest BCUT2D eigenvalue weighted by atomic mass is 10.1. The number of nitrogens with one attached hydrogen (secondary N) is 1. The predicted octanol–water partition coefficient (Wildman–Crippen LogP) is 5.60. The Kier molecular flexibility index (Phi) is 6.94. The lowest BCUT2D eigenvalue weighted by Gasteiger charge is -2.35. The van der Waals surface area contributed by atoms with Crippen LogP contribution in [0.5, 0.6) is 0 Å². The van der Waals surface area contributed by atoms with Crippen LogP contribution in [0.25, 0.3) is 0 Å². The fourth-order valence-corrected chi connectivity index (χ4v) is 5.02. The summed E-state index contributed by atoms with van der Waals surface area (Å²) in [6.45, 7) is 6.13. The highest BCUT2D eigenvalue weighted by atomic mass is 35.5. The number of urea groups is 1. The number of hydrogen-bond donors (Lipinski definition) is 1. The molecule has 0 bridgehead atoms. The maximum Gasteiger partial charge on any atom is 0.322 e. The Labute approximate surface area is 192 Å². The van der Waals surface area contributed by atoms with Gasteiger partial charge in [0.05, 0.1) is 15.7 Å². The SMILES string of the molecule is O=C(Nc1c(Cl)cc(Cl)cc1Cl)N1CCN(Cc2ccccc2N2CCCC2)CC1. The molecular weight excluding hydrogens is 443 g/mol. The summed E-state index contributed by atoms with van der Waals surface area (Å²) in [5.74, 6) is 0. The first kappa shape index (κ1) is 21.6. The molecule has 1 N–H and O–H groups in total. The molecule has 0 aliphatic carbocycles. The van der Waals surface area contributed by atoms with E-state index in [0.29, 0.717) is 33.8 Å². The third-order valence-electron chi connectivity index (χ3n) is 5.73. The van der Waals surface area contributed by atoms with E-state index in [1.165, 1.54) is 24.1 Å². The number of nitrogens with zero attached hydrogens (tertiary/aromatic N) is 3. The summed E-state index contributed by atoms with van der Waals surface area (Å²) in [5, 5.41) is 3.92. The van der Waals surface area contributed by atoms with E-state index in [2.05, 4.69) is 39.4 Å². The molecule has 2 amide bonds. The van der Waals surface area contributed by atoms with Gasteiger partial charge in [-0.05, 0) is 36.6 Å². The van der Waals surface area contributed by atoms with E-state index >= 15 is 0 Å². The predicted molar refractivity (Wildman–Crippen MR) is 125 cm³/mol. The van der Waals surface area contributed by atoms with Crippen LogP contribution in [-0.2, 0) is 6.54 Å². The number of para-hydroxylation sites is 1. The molecule has 5 nitrogen and oxygen atoms in total. The summed E-state index contributed by atoms with van der Waals surface area (Å²) in [5.41, 5.74) is 3.11. The third kappa shape index (κ3) is 4.97. The van der Waals surface area contributed by atoms with Crippen LogP contribution >= 0.6 is 34.8 Å². The molecule has 0 aromatic heterocycles. The van der Waals surface area contributed by atoms with Crippen molar-refractivity contribution in [1.82, 2.24) is 9.80 Å². The first-order chi connectivity index (χ1) is 14.5. The maximum absolute atomic E-state index is 12.7. The topological polar surface area (TPSA) is 38.8 Å². The van der Waals surface area contributed by atoms with Crippen LogP contribution < -0.4 is 10.2 Å². The van der Waals surface area contributed by atoms with E-state index in [4.69, 9.17) is 34.8 Å². The molecule has 2 aromatic carbocycles. The normalized spacial score (nSPS) is 17.4. The smallest absolute Gasteiger partial charge is 0.322 e. The van der Waals surface area contributed by atoms with Gasteiger partial charge in [0, 0.05) is 56.5 Å². The highest BCUT2D eigenvalue weighted by molar-refractivity contribution is 6.42. The van der Waals surface area contributed by atoms with Gasteiger partial charge >= 0.3 is 6.03 Å². The maximum atomic E-state index is 12.7. The van der Waals surface area contributed by atoms with Crippen molar-refractivity contribution >= 4 is 52.2 Å². The van der Waals surface area contributed by atoms with Gasteiger partial charge in [-0.15, -0.1) is 0 Å². The van der Waals surface area contributed by atoms with Crippen molar-refractivity contribution in [2.24, 2.45) is 0 Å². The van der Waals surface area contributed by atoms with E-state index in [9.17, 15) is 4.79 Å². The molecule has 0 saturated carbocycles. The minimum Gasteiger partial charge on any atom is -0.371 e. The van der Waals surface area contributed by atoms with Gasteiger partial charge in [-0.2, -0.15) is 0 Å². The van der Waals surface area contributed by atoms with Gasteiger partial charge in [0.1, 0.15) is 0 Å². The molecule has 8 heteroatoms. The van der Waals surface area contributed by atoms with Crippen molar-refractivity contribution < 1.29 is 4.79 Å². The molecule has 2 aliphatic rings. The molecule has 0 spiro atoms. The van der Waals surface area contributed by atoms with Crippen LogP contribution in [0.15, 0.2) is 36.4 Å². The highest BCUT2D eigenvalue weighted by Crippen LogP contribution is 2.34. The zero-order chi connectivity index (χ0) is 21.1. The van der Waals surface area contributed by atoms with E-state index in [-0.39, 0.29) is 6.03 Å². The molecule has 0 atom stereocenters. The average molecular weight is 468 g/mol. The Morgan fingerprint density at radius 3 is 2.20 bits per heavy atom. The number of carbonyl (C=O) groups is 1. The van der Waals surface area contributed by atoms with Crippen molar-refractivity contribution in [3.8, 4) is 0 Å². The van der Waals surface area contributed by atoms with Gasteiger partial charge in [-0.3, -0.25) is 4.90 Å². The van der Waals surface area contributed by atoms with Gasteiger partial charge in [-0.1, -0.05) is 53.0 Å². The number of carbonyl (C=O) groups excluding carboxylic acids is 1. The van der Waals surface area contributed by atoms with E-state index in [1.54, 1.807) is 17.0 Å². The van der Waals surface area contributed by atoms with Gasteiger partial charge in [0.2, 0.25) is 0 Å². The van der Waals surface area contributed by atoms with Crippen LogP contribution in [0.2, 0.25) is 15.1 Å². The minimum absolute atomic E-state index is 0.196. The molecule has 30 heavy (non-hydrogen) atoms. The number of piperazine rings is 1. The Morgan fingerprint density at radius 2 is 1.53 bits per heavy atom. The molecule has 2 aromatic rings. The number of hydrogen-bond acceptors (Lipinski definition) is 3. The Balaban J connectivity index is 1.34. The van der Waals surface area contributed by atoms with Crippen LogP contribution in [0.1, 0.15) is 18.4 Å². The van der Waals surface area contributed by atoms with E-state index in [0.717, 1.165) is 32.7 Å². The minimum atomic E-state index is -0.196. The number of anilines is 2. The fraction of sp³-hybridized carbons (Fsp3) is 0.409. The fourth-order valence-electron chi connectivity index (χ4n) is 4.11. The lowest BCUT2D eigenvalue weighted by Crippen LogP contribution is -2.49. The van der Waals surface area contributed by atoms with Crippen LogP contribution in [0.4, 0.5) is 16.2 Å². The quantitative estimate of drug-likeness (QED) is 0.636. The molecular formula is C22H25Cl3N4O. The van der Waals surface area contributed by atoms with E-state index in [1.807, 2.05) is 0 Å². The lowest BCUT2D eigenvalue weighted by molar-refractivity contribution is 0.143. The molecule has 2 saturated heterocycles. The van der Waals surface area contributed by atoms with Gasteiger partial charge in [-0.25, -0.2) is 4.79 Å². The molecule has 2 aliphatic heterocycles. The number of rotatable bonds is 4. The van der Waals surface area contributed by atoms with Crippen molar-refractivity contribution in [3.63, 3.8) is 0 Å². The van der Waals surface area contributed by atoms with Crippen molar-refractivity contribution in [2.45, 2.75) is 19.4 Å². The molecule has 160 valence electrons. The number of halogens is 3. The molecule has 2 heterocycles. The van der Waals surface area contributed by atoms with E-state index < -0.39 is 0 Å². The van der Waals surface area contributed by atoms with Crippen LogP contribution in [-0.4, -0.2) is 55.1 Å². The van der Waals surface area contributed by atoms with Crippen molar-refractivity contribution in [2.75, 3.05) is 49.5 Å². The second-order valence-corrected chi connectivity index (χ2v) is 9.01. The Hall–Kier alpha value is -1.66. The van der Waals surface area contributed by atoms with Gasteiger partial charge < -0.3 is 15.1 Å². The second kappa shape index (κ2) is 9.65. The van der Waals surface area contributed by atoms with Crippen LogP contribution in [0.3, 0.4) is 0 Å². The van der Waals surface area contributed by atoms with Crippen molar-refractivity contribution in [3.05, 3.63) is 57.0 Å². The first-order valence-corrected chi connectivity index (χ1v) is 11.4. The summed E-state index contributed by atoms with van der Waals surface area (Å²) >= 11 is 18.3. The summed E-state index contributed by atoms with van der Waals surface area (Å²) in [6.07, 6.45) is 2.54. The average Bonchev–Trinajstić information content (AvgIpc) is 3.26. The summed E-state index contributed by atoms with van der Waals surface area (Å²) in [4.78, 5) is 19.4. The summed E-state index contributed by atoms with van der Waals surface area (Å²) in [6, 6.07) is 11.6. The van der Waals surface area contributed by atoms with Gasteiger partial charge in [0.25, 0.3) is 0 Å². The van der Waals surface area contributed by atoms with Crippen molar-refractivity contribution in [1.29, 1.82) is 0 Å². The monoisotopic (exact) mass is 466 g/mol. The number of benzene rings is 2. The molecule has 2 fully saturated rings. The highest BCUT2D eigenvalue weighted by Gasteiger charge is 2.24. The van der Waals surface area contributed by atoms with Crippen LogP contribution in [0, 0.1) is 0 Å². The summed E-state index contributed by atoms with van der Waals surface area (Å²) < 4.78 is 0. The zero-order valence-corrected chi connectivity index (χ0v) is 19.0. The zero-order valence-electron chi connectivity index (χ0n) is 16.7. The first-order valence-electron chi connectivity index (χ1n) is 10.3. The molecule has 0 unspecified atom stereocenters. The molecule has 4 rings (SSSR count). The van der Waals surface area contributed by atoms with Gasteiger partial charge in [0.15, 0.2) is 0 Å². The Bertz CT molecular complexity index is 886. The molecule has 0 radical (unpaired) electrons.